The number of aromatic hydroxyl groups is 2. The number of carbonyl (C=O) groups excluding carboxylic acids is 2. The lowest BCUT2D eigenvalue weighted by Crippen LogP contribution is -2.33. The van der Waals surface area contributed by atoms with Crippen molar-refractivity contribution in [3.63, 3.8) is 0 Å². The van der Waals surface area contributed by atoms with Gasteiger partial charge in [0.1, 0.15) is 17.1 Å². The van der Waals surface area contributed by atoms with E-state index in [1.807, 2.05) is 60.7 Å². The second kappa shape index (κ2) is 8.73. The first-order valence-corrected chi connectivity index (χ1v) is 8.63. The highest BCUT2D eigenvalue weighted by molar-refractivity contribution is 5.94. The number of phenolic OH excluding ortho intramolecular Hbond substituents is 2. The maximum absolute atomic E-state index is 12.4. The number of benzene rings is 3. The molecule has 0 unspecified atom stereocenters. The van der Waals surface area contributed by atoms with Gasteiger partial charge in [0.25, 0.3) is 5.91 Å². The van der Waals surface area contributed by atoms with Crippen LogP contribution in [0.2, 0.25) is 0 Å². The largest absolute Gasteiger partial charge is 0.508 e. The average molecular weight is 377 g/mol. The van der Waals surface area contributed by atoms with Gasteiger partial charge in [-0.1, -0.05) is 60.7 Å². The Morgan fingerprint density at radius 3 is 1.96 bits per heavy atom. The second-order valence-corrected chi connectivity index (χ2v) is 6.10. The van der Waals surface area contributed by atoms with Gasteiger partial charge in [0, 0.05) is 6.07 Å². The molecule has 0 fully saturated rings. The topological polar surface area (TPSA) is 95.9 Å². The Labute approximate surface area is 162 Å². The van der Waals surface area contributed by atoms with Crippen LogP contribution < -0.4 is 5.32 Å². The summed E-state index contributed by atoms with van der Waals surface area (Å²) in [6.45, 7) is -0.505. The molecule has 0 saturated heterocycles. The minimum atomic E-state index is -0.858. The number of ether oxygens (including phenoxy) is 1. The number of phenols is 2. The van der Waals surface area contributed by atoms with Gasteiger partial charge >= 0.3 is 5.97 Å². The third-order valence-electron chi connectivity index (χ3n) is 4.11. The normalized spacial score (nSPS) is 10.5. The number of esters is 1. The van der Waals surface area contributed by atoms with Crippen molar-refractivity contribution in [2.24, 2.45) is 0 Å². The molecular formula is C22H19NO5. The molecule has 0 atom stereocenters. The van der Waals surface area contributed by atoms with Crippen molar-refractivity contribution >= 4 is 11.9 Å². The average Bonchev–Trinajstić information content (AvgIpc) is 2.71. The number of carbonyl (C=O) groups is 2. The van der Waals surface area contributed by atoms with Crippen LogP contribution in [0.25, 0.3) is 0 Å². The molecular weight excluding hydrogens is 358 g/mol. The lowest BCUT2D eigenvalue weighted by Gasteiger charge is -2.20. The number of hydrogen-bond donors (Lipinski definition) is 3. The number of rotatable bonds is 6. The zero-order valence-electron chi connectivity index (χ0n) is 14.9. The minimum Gasteiger partial charge on any atom is -0.508 e. The Hall–Kier alpha value is -3.80. The highest BCUT2D eigenvalue weighted by Gasteiger charge is 2.19. The molecule has 0 aliphatic rings. The molecule has 0 heterocycles. The highest BCUT2D eigenvalue weighted by atomic mass is 16.5. The summed E-state index contributed by atoms with van der Waals surface area (Å²) >= 11 is 0. The van der Waals surface area contributed by atoms with E-state index >= 15 is 0 Å². The van der Waals surface area contributed by atoms with Crippen LogP contribution in [0.15, 0.2) is 78.9 Å². The molecule has 0 aliphatic heterocycles. The van der Waals surface area contributed by atoms with Gasteiger partial charge < -0.3 is 20.3 Å². The molecule has 3 N–H and O–H groups in total. The minimum absolute atomic E-state index is 0.131. The van der Waals surface area contributed by atoms with E-state index in [1.165, 1.54) is 12.1 Å². The Morgan fingerprint density at radius 1 is 0.857 bits per heavy atom. The van der Waals surface area contributed by atoms with Crippen molar-refractivity contribution in [2.75, 3.05) is 6.61 Å². The molecule has 6 nitrogen and oxygen atoms in total. The molecule has 3 aromatic carbocycles. The Morgan fingerprint density at radius 2 is 1.43 bits per heavy atom. The standard InChI is InChI=1S/C22H19NO5/c24-17-11-12-18(19(25)13-17)22(27)28-14-20(26)23-21(15-7-3-1-4-8-15)16-9-5-2-6-10-16/h1-13,21,24-25H,14H2,(H,23,26). The molecule has 142 valence electrons. The molecule has 0 radical (unpaired) electrons. The fraction of sp³-hybridized carbons (Fsp3) is 0.0909. The third-order valence-corrected chi connectivity index (χ3v) is 4.11. The molecule has 0 aromatic heterocycles. The van der Waals surface area contributed by atoms with Crippen molar-refractivity contribution in [2.45, 2.75) is 6.04 Å². The van der Waals surface area contributed by atoms with Crippen LogP contribution in [0.3, 0.4) is 0 Å². The van der Waals surface area contributed by atoms with E-state index in [0.717, 1.165) is 17.2 Å². The Kier molecular flexibility index (Phi) is 5.91. The quantitative estimate of drug-likeness (QED) is 0.574. The first kappa shape index (κ1) is 19.0. The van der Waals surface area contributed by atoms with E-state index in [1.54, 1.807) is 0 Å². The molecule has 0 bridgehead atoms. The maximum Gasteiger partial charge on any atom is 0.342 e. The molecule has 0 saturated carbocycles. The van der Waals surface area contributed by atoms with Crippen molar-refractivity contribution in [3.8, 4) is 11.5 Å². The summed E-state index contributed by atoms with van der Waals surface area (Å²) in [5.41, 5.74) is 1.65. The van der Waals surface area contributed by atoms with E-state index in [2.05, 4.69) is 5.32 Å². The van der Waals surface area contributed by atoms with Gasteiger partial charge in [-0.3, -0.25) is 4.79 Å². The van der Waals surface area contributed by atoms with Gasteiger partial charge in [0.2, 0.25) is 0 Å². The smallest absolute Gasteiger partial charge is 0.342 e. The fourth-order valence-corrected chi connectivity index (χ4v) is 2.75. The zero-order chi connectivity index (χ0) is 19.9. The van der Waals surface area contributed by atoms with Crippen LogP contribution in [0.5, 0.6) is 11.5 Å². The van der Waals surface area contributed by atoms with Gasteiger partial charge in [-0.25, -0.2) is 4.79 Å². The van der Waals surface area contributed by atoms with Crippen LogP contribution in [0, 0.1) is 0 Å². The zero-order valence-corrected chi connectivity index (χ0v) is 14.9. The Balaban J connectivity index is 1.68. The summed E-state index contributed by atoms with van der Waals surface area (Å²) in [6, 6.07) is 22.0. The van der Waals surface area contributed by atoms with E-state index in [9.17, 15) is 19.8 Å². The molecule has 3 rings (SSSR count). The summed E-state index contributed by atoms with van der Waals surface area (Å²) in [6.07, 6.45) is 0. The van der Waals surface area contributed by atoms with Crippen molar-refractivity contribution < 1.29 is 24.5 Å². The van der Waals surface area contributed by atoms with Crippen molar-refractivity contribution in [1.29, 1.82) is 0 Å². The fourth-order valence-electron chi connectivity index (χ4n) is 2.75. The molecule has 0 spiro atoms. The van der Waals surface area contributed by atoms with Crippen LogP contribution in [-0.2, 0) is 9.53 Å². The van der Waals surface area contributed by atoms with Crippen molar-refractivity contribution in [1.82, 2.24) is 5.32 Å². The third kappa shape index (κ3) is 4.67. The molecule has 3 aromatic rings. The molecule has 28 heavy (non-hydrogen) atoms. The van der Waals surface area contributed by atoms with Gasteiger partial charge in [-0.15, -0.1) is 0 Å². The summed E-state index contributed by atoms with van der Waals surface area (Å²) < 4.78 is 4.99. The van der Waals surface area contributed by atoms with Crippen molar-refractivity contribution in [3.05, 3.63) is 95.6 Å². The molecule has 6 heteroatoms. The Bertz CT molecular complexity index is 918. The highest BCUT2D eigenvalue weighted by Crippen LogP contribution is 2.24. The van der Waals surface area contributed by atoms with Gasteiger partial charge in [-0.05, 0) is 23.3 Å². The predicted molar refractivity (Wildman–Crippen MR) is 103 cm³/mol. The first-order chi connectivity index (χ1) is 13.5. The second-order valence-electron chi connectivity index (χ2n) is 6.10. The number of nitrogens with one attached hydrogen (secondary N) is 1. The lowest BCUT2D eigenvalue weighted by molar-refractivity contribution is -0.124. The SMILES string of the molecule is O=C(COC(=O)c1ccc(O)cc1O)NC(c1ccccc1)c1ccccc1. The predicted octanol–water partition coefficient (Wildman–Crippen LogP) is 3.16. The number of hydrogen-bond acceptors (Lipinski definition) is 5. The van der Waals surface area contributed by atoms with E-state index in [-0.39, 0.29) is 11.3 Å². The first-order valence-electron chi connectivity index (χ1n) is 8.63. The summed E-state index contributed by atoms with van der Waals surface area (Å²) in [5.74, 6) is -1.94. The maximum atomic E-state index is 12.4. The monoisotopic (exact) mass is 377 g/mol. The van der Waals surface area contributed by atoms with Gasteiger partial charge in [0.05, 0.1) is 6.04 Å². The molecule has 1 amide bonds. The van der Waals surface area contributed by atoms with Crippen LogP contribution >= 0.6 is 0 Å². The lowest BCUT2D eigenvalue weighted by atomic mass is 9.99. The van der Waals surface area contributed by atoms with E-state index < -0.39 is 30.3 Å². The number of amides is 1. The van der Waals surface area contributed by atoms with Gasteiger partial charge in [-0.2, -0.15) is 0 Å². The summed E-state index contributed by atoms with van der Waals surface area (Å²) in [5, 5.41) is 21.8. The molecule has 0 aliphatic carbocycles. The van der Waals surface area contributed by atoms with E-state index in [0.29, 0.717) is 0 Å². The summed E-state index contributed by atoms with van der Waals surface area (Å²) in [7, 11) is 0. The van der Waals surface area contributed by atoms with Gasteiger partial charge in [0.15, 0.2) is 6.61 Å². The summed E-state index contributed by atoms with van der Waals surface area (Å²) in [4.78, 5) is 24.4. The van der Waals surface area contributed by atoms with Crippen LogP contribution in [-0.4, -0.2) is 28.7 Å². The van der Waals surface area contributed by atoms with Crippen LogP contribution in [0.1, 0.15) is 27.5 Å². The van der Waals surface area contributed by atoms with Crippen LogP contribution in [0.4, 0.5) is 0 Å². The van der Waals surface area contributed by atoms with E-state index in [4.69, 9.17) is 4.74 Å².